The molecule has 5 aromatic rings. The Labute approximate surface area is 261 Å². The first-order valence-corrected chi connectivity index (χ1v) is 15.6. The van der Waals surface area contributed by atoms with Gasteiger partial charge in [0.15, 0.2) is 0 Å². The van der Waals surface area contributed by atoms with Crippen molar-refractivity contribution in [3.63, 3.8) is 0 Å². The van der Waals surface area contributed by atoms with Gasteiger partial charge in [-0.15, -0.1) is 0 Å². The largest absolute Gasteiger partial charge is 0.507 e. The normalized spacial score (nSPS) is 12.0. The van der Waals surface area contributed by atoms with E-state index in [2.05, 4.69) is 161 Å². The number of phenolic OH excluding ortho intramolecular Hbond substituents is 1. The van der Waals surface area contributed by atoms with E-state index in [1.165, 1.54) is 5.56 Å². The molecular formula is C37H39ClNO5+. The van der Waals surface area contributed by atoms with Crippen LogP contribution in [0.3, 0.4) is 0 Å². The van der Waals surface area contributed by atoms with E-state index in [9.17, 15) is 5.11 Å². The van der Waals surface area contributed by atoms with Crippen molar-refractivity contribution in [2.75, 3.05) is 0 Å². The summed E-state index contributed by atoms with van der Waals surface area (Å²) in [5.74, 6) is 0.391. The first kappa shape index (κ1) is 32.9. The van der Waals surface area contributed by atoms with E-state index in [0.717, 1.165) is 44.9 Å². The first-order chi connectivity index (χ1) is 20.5. The van der Waals surface area contributed by atoms with E-state index in [0.29, 0.717) is 5.75 Å². The van der Waals surface area contributed by atoms with Crippen LogP contribution in [0.15, 0.2) is 115 Å². The van der Waals surface area contributed by atoms with E-state index in [4.69, 9.17) is 18.6 Å². The Bertz CT molecular complexity index is 1600. The Morgan fingerprint density at radius 2 is 0.841 bits per heavy atom. The molecule has 0 radical (unpaired) electrons. The molecule has 7 heteroatoms. The smallest absolute Gasteiger partial charge is 0.219 e. The Kier molecular flexibility index (Phi) is 9.64. The predicted octanol–water partition coefficient (Wildman–Crippen LogP) is 5.14. The second-order valence-corrected chi connectivity index (χ2v) is 13.5. The molecule has 0 atom stereocenters. The minimum atomic E-state index is -4.69. The molecule has 1 heterocycles. The van der Waals surface area contributed by atoms with E-state index >= 15 is 0 Å². The number of halogens is 1. The predicted molar refractivity (Wildman–Crippen MR) is 166 cm³/mol. The minimum Gasteiger partial charge on any atom is -0.507 e. The van der Waals surface area contributed by atoms with Gasteiger partial charge in [0, 0.05) is 46.5 Å². The van der Waals surface area contributed by atoms with Gasteiger partial charge in [-0.05, 0) is 46.2 Å². The second kappa shape index (κ2) is 12.9. The van der Waals surface area contributed by atoms with E-state index < -0.39 is 10.2 Å². The van der Waals surface area contributed by atoms with Gasteiger partial charge in [-0.3, -0.25) is 0 Å². The fourth-order valence-electron chi connectivity index (χ4n) is 5.21. The lowest BCUT2D eigenvalue weighted by molar-refractivity contribution is -1.92. The van der Waals surface area contributed by atoms with Gasteiger partial charge in [-0.25, -0.2) is 0 Å². The molecule has 0 aliphatic rings. The number of hydrogen-bond donors (Lipinski definition) is 2. The number of rotatable bonds is 4. The maximum atomic E-state index is 11.5. The molecular weight excluding hydrogens is 574 g/mol. The van der Waals surface area contributed by atoms with Crippen molar-refractivity contribution in [3.8, 4) is 45.1 Å². The second-order valence-electron chi connectivity index (χ2n) is 12.7. The molecule has 0 aliphatic carbocycles. The molecule has 0 saturated carbocycles. The summed E-state index contributed by atoms with van der Waals surface area (Å²) in [7, 11) is -4.69. The first-order valence-electron chi connectivity index (χ1n) is 14.3. The Hall–Kier alpha value is -4.04. The number of benzene rings is 4. The summed E-state index contributed by atoms with van der Waals surface area (Å²) in [5, 5.41) is 11.5. The summed E-state index contributed by atoms with van der Waals surface area (Å²) in [6.07, 6.45) is 0. The van der Waals surface area contributed by atoms with Crippen LogP contribution in [-0.2, 0) is 10.8 Å². The molecule has 0 aliphatic heterocycles. The van der Waals surface area contributed by atoms with Crippen LogP contribution in [0.2, 0.25) is 0 Å². The van der Waals surface area contributed by atoms with Crippen molar-refractivity contribution < 1.29 is 38.6 Å². The van der Waals surface area contributed by atoms with Gasteiger partial charge in [0.05, 0.1) is 14.9 Å². The molecule has 6 nitrogen and oxygen atoms in total. The number of phenols is 1. The number of aromatic hydroxyl groups is 1. The maximum Gasteiger partial charge on any atom is 0.219 e. The molecule has 0 fully saturated rings. The van der Waals surface area contributed by atoms with Crippen molar-refractivity contribution in [2.24, 2.45) is 0 Å². The minimum absolute atomic E-state index is 0.232. The summed E-state index contributed by atoms with van der Waals surface area (Å²) in [6, 6.07) is 40.7. The highest BCUT2D eigenvalue weighted by molar-refractivity contribution is 5.74. The molecule has 44 heavy (non-hydrogen) atoms. The zero-order valence-corrected chi connectivity index (χ0v) is 26.7. The van der Waals surface area contributed by atoms with Gasteiger partial charge in [-0.1, -0.05) is 108 Å². The van der Waals surface area contributed by atoms with E-state index in [-0.39, 0.29) is 10.8 Å². The number of pyridine rings is 1. The number of nitrogens with zero attached hydrogens (tertiary/aromatic N) is 1. The van der Waals surface area contributed by atoms with Crippen LogP contribution in [0.5, 0.6) is 5.75 Å². The summed E-state index contributed by atoms with van der Waals surface area (Å²) in [5.41, 5.74) is 9.28. The van der Waals surface area contributed by atoms with Crippen molar-refractivity contribution in [1.82, 2.24) is 0 Å². The molecule has 0 bridgehead atoms. The standard InChI is InChI=1S/C37H37NO.ClHO4/c1-36(2,3)31-24-30(25-32(35(31)39)37(4,5)6)38-33(27-18-12-8-13-19-27)22-29(26-16-10-7-11-17-26)23-34(38)28-20-14-9-15-21-28;2-1(3,4)5/h7-25H,1-6H3;(H,2,3,4,5)/p+1. The SMILES string of the molecule is CC(C)(C)c1cc(-[n+]2c(-c3ccccc3)cc(-c3ccccc3)cc2-c2ccccc2)cc(C(C)(C)C)c1O.[O-][Cl+3]([O-])([O-])O. The third kappa shape index (κ3) is 8.11. The van der Waals surface area contributed by atoms with Gasteiger partial charge in [0.1, 0.15) is 5.75 Å². The van der Waals surface area contributed by atoms with E-state index in [1.54, 1.807) is 0 Å². The summed E-state index contributed by atoms with van der Waals surface area (Å²) >= 11 is 0. The van der Waals surface area contributed by atoms with Crippen molar-refractivity contribution >= 4 is 0 Å². The monoisotopic (exact) mass is 612 g/mol. The van der Waals surface area contributed by atoms with Gasteiger partial charge in [0.25, 0.3) is 0 Å². The fraction of sp³-hybridized carbons (Fsp3) is 0.216. The lowest BCUT2D eigenvalue weighted by Gasteiger charge is -2.27. The zero-order chi connectivity index (χ0) is 32.3. The third-order valence-electron chi connectivity index (χ3n) is 7.28. The van der Waals surface area contributed by atoms with Crippen molar-refractivity contribution in [1.29, 1.82) is 0 Å². The van der Waals surface area contributed by atoms with E-state index in [1.807, 2.05) is 0 Å². The van der Waals surface area contributed by atoms with Crippen LogP contribution in [0, 0.1) is 10.2 Å². The number of aromatic nitrogens is 1. The molecule has 0 saturated heterocycles. The average molecular weight is 613 g/mol. The van der Waals surface area contributed by atoms with Crippen LogP contribution in [-0.4, -0.2) is 9.77 Å². The molecule has 0 spiro atoms. The van der Waals surface area contributed by atoms with Gasteiger partial charge < -0.3 is 5.11 Å². The summed E-state index contributed by atoms with van der Waals surface area (Å²) < 4.78 is 35.1. The molecule has 2 N–H and O–H groups in total. The highest BCUT2D eigenvalue weighted by Crippen LogP contribution is 2.41. The van der Waals surface area contributed by atoms with Crippen LogP contribution in [0.25, 0.3) is 39.3 Å². The Balaban J connectivity index is 0.000000818. The Morgan fingerprint density at radius 3 is 1.16 bits per heavy atom. The zero-order valence-electron chi connectivity index (χ0n) is 25.9. The van der Waals surface area contributed by atoms with Crippen LogP contribution < -0.4 is 18.5 Å². The average Bonchev–Trinajstić information content (AvgIpc) is 2.96. The number of hydrogen-bond acceptors (Lipinski definition) is 5. The van der Waals surface area contributed by atoms with Crippen molar-refractivity contribution in [2.45, 2.75) is 52.4 Å². The van der Waals surface area contributed by atoms with Gasteiger partial charge in [0.2, 0.25) is 17.1 Å². The quantitative estimate of drug-likeness (QED) is 0.273. The summed E-state index contributed by atoms with van der Waals surface area (Å²) in [6.45, 7) is 13.0. The van der Waals surface area contributed by atoms with Crippen LogP contribution in [0.4, 0.5) is 0 Å². The third-order valence-corrected chi connectivity index (χ3v) is 7.28. The topological polar surface area (TPSA) is 114 Å². The Morgan fingerprint density at radius 1 is 0.523 bits per heavy atom. The maximum absolute atomic E-state index is 11.5. The molecule has 0 unspecified atom stereocenters. The van der Waals surface area contributed by atoms with Gasteiger partial charge >= 0.3 is 0 Å². The molecule has 4 aromatic carbocycles. The van der Waals surface area contributed by atoms with Crippen LogP contribution in [0.1, 0.15) is 52.7 Å². The highest BCUT2D eigenvalue weighted by atomic mass is 35.7. The lowest BCUT2D eigenvalue weighted by atomic mass is 9.79. The van der Waals surface area contributed by atoms with Gasteiger partial charge in [-0.2, -0.15) is 18.5 Å². The molecule has 5 rings (SSSR count). The highest BCUT2D eigenvalue weighted by Gasteiger charge is 2.32. The molecule has 0 amide bonds. The van der Waals surface area contributed by atoms with Crippen molar-refractivity contribution in [3.05, 3.63) is 126 Å². The van der Waals surface area contributed by atoms with Crippen LogP contribution >= 0.6 is 0 Å². The molecule has 228 valence electrons. The lowest BCUT2D eigenvalue weighted by Crippen LogP contribution is -2.58. The summed E-state index contributed by atoms with van der Waals surface area (Å²) in [4.78, 5) is 0. The molecule has 1 aromatic heterocycles. The fourth-order valence-corrected chi connectivity index (χ4v) is 5.21.